The summed E-state index contributed by atoms with van der Waals surface area (Å²) in [6.07, 6.45) is 0.309. The zero-order valence-corrected chi connectivity index (χ0v) is 11.2. The lowest BCUT2D eigenvalue weighted by molar-refractivity contribution is -0.130. The van der Waals surface area contributed by atoms with Gasteiger partial charge < -0.3 is 14.8 Å². The fourth-order valence-corrected chi connectivity index (χ4v) is 2.47. The van der Waals surface area contributed by atoms with Crippen molar-refractivity contribution in [2.45, 2.75) is 38.5 Å². The van der Waals surface area contributed by atoms with E-state index in [4.69, 9.17) is 9.47 Å². The van der Waals surface area contributed by atoms with Crippen molar-refractivity contribution in [3.63, 3.8) is 0 Å². The predicted octanol–water partition coefficient (Wildman–Crippen LogP) is 0.720. The summed E-state index contributed by atoms with van der Waals surface area (Å²) in [5, 5.41) is 3.28. The van der Waals surface area contributed by atoms with Gasteiger partial charge in [-0.25, -0.2) is 0 Å². The minimum atomic E-state index is -0.0387. The van der Waals surface area contributed by atoms with E-state index in [0.717, 1.165) is 26.2 Å². The second-order valence-electron chi connectivity index (χ2n) is 5.32. The van der Waals surface area contributed by atoms with Crippen LogP contribution in [0.3, 0.4) is 0 Å². The van der Waals surface area contributed by atoms with Gasteiger partial charge in [0, 0.05) is 32.8 Å². The Balaban J connectivity index is 2.46. The van der Waals surface area contributed by atoms with Crippen LogP contribution in [-0.4, -0.2) is 63.0 Å². The van der Waals surface area contributed by atoms with Crippen LogP contribution in [-0.2, 0) is 9.47 Å². The van der Waals surface area contributed by atoms with Crippen molar-refractivity contribution in [3.05, 3.63) is 0 Å². The SMILES string of the molecule is CNC(COC)CN1CC(C)OC(C)(C)C1. The summed E-state index contributed by atoms with van der Waals surface area (Å²) >= 11 is 0. The van der Waals surface area contributed by atoms with Crippen LogP contribution in [0.15, 0.2) is 0 Å². The van der Waals surface area contributed by atoms with E-state index >= 15 is 0 Å². The van der Waals surface area contributed by atoms with Crippen LogP contribution in [0.25, 0.3) is 0 Å². The third-order valence-electron chi connectivity index (χ3n) is 2.89. The maximum absolute atomic E-state index is 5.89. The molecule has 0 aromatic rings. The Morgan fingerprint density at radius 2 is 2.25 bits per heavy atom. The molecule has 4 heteroatoms. The molecule has 1 saturated heterocycles. The first-order valence-corrected chi connectivity index (χ1v) is 6.03. The van der Waals surface area contributed by atoms with E-state index in [2.05, 4.69) is 31.0 Å². The molecule has 16 heavy (non-hydrogen) atoms. The number of likely N-dealkylation sites (N-methyl/N-ethyl adjacent to an activating group) is 1. The van der Waals surface area contributed by atoms with Crippen LogP contribution >= 0.6 is 0 Å². The van der Waals surface area contributed by atoms with Crippen LogP contribution in [0.2, 0.25) is 0 Å². The van der Waals surface area contributed by atoms with Gasteiger partial charge in [0.2, 0.25) is 0 Å². The third kappa shape index (κ3) is 4.37. The molecule has 4 nitrogen and oxygen atoms in total. The maximum atomic E-state index is 5.89. The van der Waals surface area contributed by atoms with E-state index in [1.165, 1.54) is 0 Å². The molecule has 0 radical (unpaired) electrons. The molecule has 0 aromatic heterocycles. The summed E-state index contributed by atoms with van der Waals surface area (Å²) in [5.41, 5.74) is -0.0387. The Labute approximate surface area is 99.3 Å². The highest BCUT2D eigenvalue weighted by Crippen LogP contribution is 2.20. The van der Waals surface area contributed by atoms with E-state index in [0.29, 0.717) is 12.1 Å². The van der Waals surface area contributed by atoms with Gasteiger partial charge in [0.25, 0.3) is 0 Å². The van der Waals surface area contributed by atoms with Gasteiger partial charge in [0.1, 0.15) is 0 Å². The Hall–Kier alpha value is -0.160. The van der Waals surface area contributed by atoms with Crippen molar-refractivity contribution in [2.75, 3.05) is 40.4 Å². The van der Waals surface area contributed by atoms with Gasteiger partial charge >= 0.3 is 0 Å². The molecule has 0 amide bonds. The average molecular weight is 230 g/mol. The summed E-state index contributed by atoms with van der Waals surface area (Å²) in [5.74, 6) is 0. The quantitative estimate of drug-likeness (QED) is 0.754. The van der Waals surface area contributed by atoms with Crippen molar-refractivity contribution in [3.8, 4) is 0 Å². The molecule has 0 saturated carbocycles. The predicted molar refractivity (Wildman–Crippen MR) is 65.8 cm³/mol. The van der Waals surface area contributed by atoms with Crippen molar-refractivity contribution < 1.29 is 9.47 Å². The lowest BCUT2D eigenvalue weighted by Crippen LogP contribution is -2.55. The first kappa shape index (κ1) is 13.9. The molecule has 1 heterocycles. The summed E-state index contributed by atoms with van der Waals surface area (Å²) in [4.78, 5) is 2.45. The molecule has 1 rings (SSSR count). The third-order valence-corrected chi connectivity index (χ3v) is 2.89. The van der Waals surface area contributed by atoms with Crippen LogP contribution in [0.4, 0.5) is 0 Å². The molecular weight excluding hydrogens is 204 g/mol. The normalized spacial score (nSPS) is 27.9. The monoisotopic (exact) mass is 230 g/mol. The number of hydrogen-bond acceptors (Lipinski definition) is 4. The van der Waals surface area contributed by atoms with E-state index in [1.807, 2.05) is 7.05 Å². The van der Waals surface area contributed by atoms with Gasteiger partial charge in [-0.3, -0.25) is 4.90 Å². The van der Waals surface area contributed by atoms with Crippen LogP contribution in [0.1, 0.15) is 20.8 Å². The molecule has 2 atom stereocenters. The Morgan fingerprint density at radius 3 is 2.75 bits per heavy atom. The summed E-state index contributed by atoms with van der Waals surface area (Å²) in [6.45, 7) is 10.2. The molecule has 1 fully saturated rings. The molecule has 0 aromatic carbocycles. The number of rotatable bonds is 5. The molecule has 0 aliphatic carbocycles. The number of methoxy groups -OCH3 is 1. The lowest BCUT2D eigenvalue weighted by Gasteiger charge is -2.42. The molecule has 0 bridgehead atoms. The van der Waals surface area contributed by atoms with Crippen molar-refractivity contribution in [1.82, 2.24) is 10.2 Å². The van der Waals surface area contributed by atoms with Crippen LogP contribution in [0, 0.1) is 0 Å². The highest BCUT2D eigenvalue weighted by molar-refractivity contribution is 4.84. The minimum absolute atomic E-state index is 0.0387. The van der Waals surface area contributed by atoms with Gasteiger partial charge in [-0.1, -0.05) is 0 Å². The number of nitrogens with one attached hydrogen (secondary N) is 1. The van der Waals surface area contributed by atoms with Gasteiger partial charge in [-0.05, 0) is 27.8 Å². The van der Waals surface area contributed by atoms with Crippen molar-refractivity contribution in [1.29, 1.82) is 0 Å². The number of hydrogen-bond donors (Lipinski definition) is 1. The van der Waals surface area contributed by atoms with Gasteiger partial charge in [-0.15, -0.1) is 0 Å². The first-order valence-electron chi connectivity index (χ1n) is 6.03. The number of morpholine rings is 1. The van der Waals surface area contributed by atoms with E-state index in [-0.39, 0.29) is 5.60 Å². The molecule has 1 aliphatic rings. The fraction of sp³-hybridized carbons (Fsp3) is 1.00. The molecule has 96 valence electrons. The van der Waals surface area contributed by atoms with E-state index < -0.39 is 0 Å². The van der Waals surface area contributed by atoms with Crippen molar-refractivity contribution >= 4 is 0 Å². The first-order chi connectivity index (χ1) is 7.46. The van der Waals surface area contributed by atoms with E-state index in [9.17, 15) is 0 Å². The molecule has 2 unspecified atom stereocenters. The highest BCUT2D eigenvalue weighted by Gasteiger charge is 2.31. The standard InChI is InChI=1S/C12H26N2O2/c1-10-6-14(9-12(2,3)16-10)7-11(13-4)8-15-5/h10-11,13H,6-9H2,1-5H3. The zero-order valence-electron chi connectivity index (χ0n) is 11.2. The van der Waals surface area contributed by atoms with Gasteiger partial charge in [-0.2, -0.15) is 0 Å². The summed E-state index contributed by atoms with van der Waals surface area (Å²) in [6, 6.07) is 0.395. The molecule has 0 spiro atoms. The van der Waals surface area contributed by atoms with Crippen LogP contribution in [0.5, 0.6) is 0 Å². The lowest BCUT2D eigenvalue weighted by atomic mass is 10.0. The minimum Gasteiger partial charge on any atom is -0.383 e. The molecule has 1 aliphatic heterocycles. The topological polar surface area (TPSA) is 33.7 Å². The van der Waals surface area contributed by atoms with E-state index in [1.54, 1.807) is 7.11 Å². The summed E-state index contributed by atoms with van der Waals surface area (Å²) < 4.78 is 11.1. The zero-order chi connectivity index (χ0) is 12.2. The van der Waals surface area contributed by atoms with Crippen LogP contribution < -0.4 is 5.32 Å². The second kappa shape index (κ2) is 5.96. The number of nitrogens with zero attached hydrogens (tertiary/aromatic N) is 1. The highest BCUT2D eigenvalue weighted by atomic mass is 16.5. The van der Waals surface area contributed by atoms with Gasteiger partial charge in [0.05, 0.1) is 18.3 Å². The fourth-order valence-electron chi connectivity index (χ4n) is 2.47. The Bertz CT molecular complexity index is 209. The Kier molecular flexibility index (Phi) is 5.18. The van der Waals surface area contributed by atoms with Gasteiger partial charge in [0.15, 0.2) is 0 Å². The largest absolute Gasteiger partial charge is 0.383 e. The number of ether oxygens (including phenoxy) is 2. The summed E-state index contributed by atoms with van der Waals surface area (Å²) in [7, 11) is 3.73. The van der Waals surface area contributed by atoms with Crippen molar-refractivity contribution in [2.24, 2.45) is 0 Å². The average Bonchev–Trinajstić information content (AvgIpc) is 2.13. The molecular formula is C12H26N2O2. The molecule has 1 N–H and O–H groups in total. The maximum Gasteiger partial charge on any atom is 0.0757 e. The Morgan fingerprint density at radius 1 is 1.56 bits per heavy atom. The second-order valence-corrected chi connectivity index (χ2v) is 5.32. The smallest absolute Gasteiger partial charge is 0.0757 e.